The fraction of sp³-hybridized carbons (Fsp3) is 0.727. The third-order valence-electron chi connectivity index (χ3n) is 2.38. The van der Waals surface area contributed by atoms with Crippen molar-refractivity contribution in [2.75, 3.05) is 4.43 Å². The monoisotopic (exact) mass is 355 g/mol. The molecule has 6 heteroatoms. The molecule has 0 saturated carbocycles. The van der Waals surface area contributed by atoms with Crippen LogP contribution in [0.25, 0.3) is 0 Å². The maximum absolute atomic E-state index is 11.9. The molecule has 0 aromatic heterocycles. The van der Waals surface area contributed by atoms with Gasteiger partial charge in [0.2, 0.25) is 5.91 Å². The summed E-state index contributed by atoms with van der Waals surface area (Å²) in [6.07, 6.45) is -0.0558. The number of carbonyl (C=O) groups excluding carboxylic acids is 2. The molecule has 0 radical (unpaired) electrons. The highest BCUT2D eigenvalue weighted by atomic mass is 127. The molecule has 0 rings (SSSR count). The van der Waals surface area contributed by atoms with Gasteiger partial charge in [0.25, 0.3) is 0 Å². The Balaban J connectivity index is 4.55. The van der Waals surface area contributed by atoms with E-state index in [1.165, 1.54) is 6.92 Å². The zero-order chi connectivity index (χ0) is 13.6. The summed E-state index contributed by atoms with van der Waals surface area (Å²) in [5, 5.41) is 11.4. The summed E-state index contributed by atoms with van der Waals surface area (Å²) in [4.78, 5) is 33.8. The summed E-state index contributed by atoms with van der Waals surface area (Å²) in [6.45, 7) is 5.13. The van der Waals surface area contributed by atoms with Gasteiger partial charge in [-0.1, -0.05) is 43.4 Å². The minimum atomic E-state index is -0.999. The highest BCUT2D eigenvalue weighted by Crippen LogP contribution is 2.11. The average Bonchev–Trinajstić information content (AvgIpc) is 2.24. The summed E-state index contributed by atoms with van der Waals surface area (Å²) in [6, 6.07) is -0.598. The number of alkyl halides is 1. The number of hydrogen-bond donors (Lipinski definition) is 2. The lowest BCUT2D eigenvalue weighted by Gasteiger charge is -2.21. The molecule has 0 saturated heterocycles. The van der Waals surface area contributed by atoms with E-state index >= 15 is 0 Å². The Morgan fingerprint density at radius 3 is 2.12 bits per heavy atom. The van der Waals surface area contributed by atoms with Crippen LogP contribution in [-0.4, -0.2) is 33.2 Å². The van der Waals surface area contributed by atoms with Crippen LogP contribution in [0.3, 0.4) is 0 Å². The number of Topliss-reactive ketones (excluding diaryl/α,β-unsaturated/α-hetero) is 1. The Hall–Kier alpha value is -0.660. The van der Waals surface area contributed by atoms with E-state index in [1.807, 2.05) is 36.4 Å². The van der Waals surface area contributed by atoms with Crippen LogP contribution in [0.15, 0.2) is 0 Å². The number of hydrogen-bond acceptors (Lipinski definition) is 3. The lowest BCUT2D eigenvalue weighted by Crippen LogP contribution is -2.45. The van der Waals surface area contributed by atoms with Crippen LogP contribution in [0.2, 0.25) is 0 Å². The SMILES string of the molecule is CC(C)[C@H](NC(=O)CI)C(=O)C[C@@H](C)C(=O)O. The molecule has 5 nitrogen and oxygen atoms in total. The second-order valence-electron chi connectivity index (χ2n) is 4.33. The molecule has 17 heavy (non-hydrogen) atoms. The number of nitrogens with one attached hydrogen (secondary N) is 1. The Bertz CT molecular complexity index is 304. The van der Waals surface area contributed by atoms with Gasteiger partial charge in [-0.25, -0.2) is 0 Å². The van der Waals surface area contributed by atoms with E-state index in [0.29, 0.717) is 0 Å². The van der Waals surface area contributed by atoms with Gasteiger partial charge in [0.1, 0.15) is 0 Å². The van der Waals surface area contributed by atoms with Crippen molar-refractivity contribution in [3.8, 4) is 0 Å². The first-order chi connectivity index (χ1) is 7.79. The average molecular weight is 355 g/mol. The third-order valence-corrected chi connectivity index (χ3v) is 3.07. The quantitative estimate of drug-likeness (QED) is 0.532. The summed E-state index contributed by atoms with van der Waals surface area (Å²) in [7, 11) is 0. The standard InChI is InChI=1S/C11H18INO4/c1-6(2)10(13-9(15)5-12)8(14)4-7(3)11(16)17/h6-7,10H,4-5H2,1-3H3,(H,13,15)(H,16,17)/t7-,10+/m1/s1. The molecule has 0 fully saturated rings. The maximum atomic E-state index is 11.9. The lowest BCUT2D eigenvalue weighted by molar-refractivity contribution is -0.143. The van der Waals surface area contributed by atoms with Gasteiger partial charge in [0.15, 0.2) is 5.78 Å². The molecule has 2 atom stereocenters. The molecule has 0 aliphatic heterocycles. The molecule has 0 spiro atoms. The number of rotatable bonds is 7. The smallest absolute Gasteiger partial charge is 0.306 e. The molecule has 2 N–H and O–H groups in total. The topological polar surface area (TPSA) is 83.5 Å². The fourth-order valence-electron chi connectivity index (χ4n) is 1.35. The minimum absolute atomic E-state index is 0.0459. The second-order valence-corrected chi connectivity index (χ2v) is 5.10. The van der Waals surface area contributed by atoms with E-state index in [2.05, 4.69) is 5.32 Å². The van der Waals surface area contributed by atoms with Crippen LogP contribution in [0.5, 0.6) is 0 Å². The fourth-order valence-corrected chi connectivity index (χ4v) is 1.57. The Morgan fingerprint density at radius 2 is 1.76 bits per heavy atom. The van der Waals surface area contributed by atoms with Crippen LogP contribution >= 0.6 is 22.6 Å². The van der Waals surface area contributed by atoms with Gasteiger partial charge in [0.05, 0.1) is 16.4 Å². The van der Waals surface area contributed by atoms with Crippen molar-refractivity contribution in [2.24, 2.45) is 11.8 Å². The number of ketones is 1. The second kappa shape index (κ2) is 7.62. The van der Waals surface area contributed by atoms with E-state index in [1.54, 1.807) is 0 Å². The van der Waals surface area contributed by atoms with Crippen LogP contribution in [0, 0.1) is 11.8 Å². The predicted molar refractivity (Wildman–Crippen MR) is 72.1 cm³/mol. The van der Waals surface area contributed by atoms with Crippen LogP contribution in [0.1, 0.15) is 27.2 Å². The van der Waals surface area contributed by atoms with Crippen molar-refractivity contribution in [1.82, 2.24) is 5.32 Å². The minimum Gasteiger partial charge on any atom is -0.481 e. The van der Waals surface area contributed by atoms with Crippen molar-refractivity contribution in [1.29, 1.82) is 0 Å². The summed E-state index contributed by atoms with van der Waals surface area (Å²) in [5.41, 5.74) is 0. The molecule has 0 heterocycles. The van der Waals surface area contributed by atoms with Gasteiger partial charge in [-0.05, 0) is 5.92 Å². The van der Waals surface area contributed by atoms with Crippen molar-refractivity contribution in [3.05, 3.63) is 0 Å². The molecule has 0 aromatic carbocycles. The summed E-state index contributed by atoms with van der Waals surface area (Å²) >= 11 is 1.91. The number of carbonyl (C=O) groups is 3. The van der Waals surface area contributed by atoms with E-state index in [4.69, 9.17) is 5.11 Å². The first kappa shape index (κ1) is 16.3. The van der Waals surface area contributed by atoms with Gasteiger partial charge in [-0.3, -0.25) is 14.4 Å². The Labute approximate surface area is 114 Å². The van der Waals surface area contributed by atoms with Crippen molar-refractivity contribution in [3.63, 3.8) is 0 Å². The number of amides is 1. The summed E-state index contributed by atoms with van der Waals surface area (Å²) < 4.78 is 0.281. The van der Waals surface area contributed by atoms with Crippen molar-refractivity contribution < 1.29 is 19.5 Å². The number of carboxylic acids is 1. The molecule has 0 aromatic rings. The first-order valence-corrected chi connectivity index (χ1v) is 6.93. The van der Waals surface area contributed by atoms with Gasteiger partial charge in [-0.15, -0.1) is 0 Å². The van der Waals surface area contributed by atoms with Crippen molar-refractivity contribution >= 4 is 40.3 Å². The molecular weight excluding hydrogens is 337 g/mol. The Kier molecular flexibility index (Phi) is 7.33. The van der Waals surface area contributed by atoms with Crippen LogP contribution < -0.4 is 5.32 Å². The van der Waals surface area contributed by atoms with Gasteiger partial charge in [0, 0.05) is 6.42 Å². The number of halogens is 1. The molecule has 0 aliphatic carbocycles. The Morgan fingerprint density at radius 1 is 1.24 bits per heavy atom. The zero-order valence-electron chi connectivity index (χ0n) is 10.2. The van der Waals surface area contributed by atoms with Crippen LogP contribution in [-0.2, 0) is 14.4 Å². The molecule has 0 unspecified atom stereocenters. The largest absolute Gasteiger partial charge is 0.481 e. The van der Waals surface area contributed by atoms with Gasteiger partial charge < -0.3 is 10.4 Å². The van der Waals surface area contributed by atoms with E-state index < -0.39 is 17.9 Å². The number of carboxylic acid groups (broad SMARTS) is 1. The van der Waals surface area contributed by atoms with Crippen molar-refractivity contribution in [2.45, 2.75) is 33.2 Å². The predicted octanol–water partition coefficient (Wildman–Crippen LogP) is 1.24. The molecule has 1 amide bonds. The maximum Gasteiger partial charge on any atom is 0.306 e. The first-order valence-electron chi connectivity index (χ1n) is 5.40. The zero-order valence-corrected chi connectivity index (χ0v) is 12.4. The molecule has 98 valence electrons. The molecule has 0 bridgehead atoms. The van der Waals surface area contributed by atoms with E-state index in [9.17, 15) is 14.4 Å². The van der Waals surface area contributed by atoms with Gasteiger partial charge >= 0.3 is 5.97 Å². The lowest BCUT2D eigenvalue weighted by atomic mass is 9.93. The van der Waals surface area contributed by atoms with Gasteiger partial charge in [-0.2, -0.15) is 0 Å². The number of aliphatic carboxylic acids is 1. The highest BCUT2D eigenvalue weighted by Gasteiger charge is 2.26. The third kappa shape index (κ3) is 5.99. The van der Waals surface area contributed by atoms with E-state index in [-0.39, 0.29) is 28.5 Å². The van der Waals surface area contributed by atoms with Crippen LogP contribution in [0.4, 0.5) is 0 Å². The van der Waals surface area contributed by atoms with E-state index in [0.717, 1.165) is 0 Å². The normalized spacial score (nSPS) is 14.2. The highest BCUT2D eigenvalue weighted by molar-refractivity contribution is 14.1. The summed E-state index contributed by atoms with van der Waals surface area (Å²) in [5.74, 6) is -2.20. The molecule has 0 aliphatic rings. The molecular formula is C11H18INO4.